The second kappa shape index (κ2) is 6.47. The molecule has 1 aliphatic heterocycles. The SMILES string of the molecule is NS(=O)(=O)c1ccc(CNCC2CCCNC2)cc1. The van der Waals surface area contributed by atoms with Crippen LogP contribution in [-0.4, -0.2) is 28.1 Å². The largest absolute Gasteiger partial charge is 0.316 e. The zero-order valence-corrected chi connectivity index (χ0v) is 11.7. The van der Waals surface area contributed by atoms with E-state index in [1.807, 2.05) is 0 Å². The van der Waals surface area contributed by atoms with Crippen molar-refractivity contribution < 1.29 is 8.42 Å². The quantitative estimate of drug-likeness (QED) is 0.731. The molecule has 4 N–H and O–H groups in total. The molecular weight excluding hydrogens is 262 g/mol. The number of benzene rings is 1. The lowest BCUT2D eigenvalue weighted by Gasteiger charge is -2.22. The summed E-state index contributed by atoms with van der Waals surface area (Å²) < 4.78 is 22.2. The maximum absolute atomic E-state index is 11.1. The smallest absolute Gasteiger partial charge is 0.238 e. The molecule has 19 heavy (non-hydrogen) atoms. The van der Waals surface area contributed by atoms with Gasteiger partial charge in [0.15, 0.2) is 0 Å². The summed E-state index contributed by atoms with van der Waals surface area (Å²) in [4.78, 5) is 0.160. The van der Waals surface area contributed by atoms with Crippen LogP contribution in [0.2, 0.25) is 0 Å². The first kappa shape index (κ1) is 14.5. The topological polar surface area (TPSA) is 84.2 Å². The monoisotopic (exact) mass is 283 g/mol. The van der Waals surface area contributed by atoms with Crippen molar-refractivity contribution in [3.8, 4) is 0 Å². The van der Waals surface area contributed by atoms with Gasteiger partial charge in [0.1, 0.15) is 0 Å². The van der Waals surface area contributed by atoms with Crippen molar-refractivity contribution in [3.05, 3.63) is 29.8 Å². The van der Waals surface area contributed by atoms with Gasteiger partial charge in [-0.25, -0.2) is 13.6 Å². The molecule has 0 saturated carbocycles. The van der Waals surface area contributed by atoms with Crippen LogP contribution in [0.1, 0.15) is 18.4 Å². The standard InChI is InChI=1S/C13H21N3O2S/c14-19(17,18)13-5-3-11(4-6-13)8-16-10-12-2-1-7-15-9-12/h3-6,12,15-16H,1-2,7-10H2,(H2,14,17,18). The van der Waals surface area contributed by atoms with Crippen molar-refractivity contribution in [2.24, 2.45) is 11.1 Å². The summed E-state index contributed by atoms with van der Waals surface area (Å²) in [6, 6.07) is 6.70. The third kappa shape index (κ3) is 4.58. The van der Waals surface area contributed by atoms with Crippen LogP contribution in [-0.2, 0) is 16.6 Å². The molecule has 1 fully saturated rings. The molecule has 0 aromatic heterocycles. The molecule has 5 nitrogen and oxygen atoms in total. The van der Waals surface area contributed by atoms with Gasteiger partial charge in [-0.05, 0) is 56.1 Å². The van der Waals surface area contributed by atoms with E-state index in [-0.39, 0.29) is 4.90 Å². The van der Waals surface area contributed by atoms with Gasteiger partial charge in [0.25, 0.3) is 0 Å². The van der Waals surface area contributed by atoms with Gasteiger partial charge in [-0.2, -0.15) is 0 Å². The Morgan fingerprint density at radius 2 is 2.05 bits per heavy atom. The maximum atomic E-state index is 11.1. The van der Waals surface area contributed by atoms with Gasteiger partial charge >= 0.3 is 0 Å². The van der Waals surface area contributed by atoms with Crippen LogP contribution in [0.25, 0.3) is 0 Å². The number of nitrogens with one attached hydrogen (secondary N) is 2. The molecule has 106 valence electrons. The van der Waals surface area contributed by atoms with Crippen molar-refractivity contribution in [2.75, 3.05) is 19.6 Å². The average molecular weight is 283 g/mol. The number of piperidine rings is 1. The highest BCUT2D eigenvalue weighted by atomic mass is 32.2. The summed E-state index contributed by atoms with van der Waals surface area (Å²) in [5, 5.41) is 11.9. The summed E-state index contributed by atoms with van der Waals surface area (Å²) in [6.45, 7) is 3.95. The van der Waals surface area contributed by atoms with Crippen molar-refractivity contribution >= 4 is 10.0 Å². The van der Waals surface area contributed by atoms with Crippen LogP contribution in [0.4, 0.5) is 0 Å². The highest BCUT2D eigenvalue weighted by Crippen LogP contribution is 2.10. The number of rotatable bonds is 5. The Balaban J connectivity index is 1.80. The van der Waals surface area contributed by atoms with E-state index < -0.39 is 10.0 Å². The fraction of sp³-hybridized carbons (Fsp3) is 0.538. The number of nitrogens with two attached hydrogens (primary N) is 1. The lowest BCUT2D eigenvalue weighted by Crippen LogP contribution is -2.35. The van der Waals surface area contributed by atoms with Crippen LogP contribution in [0.15, 0.2) is 29.2 Å². The fourth-order valence-electron chi connectivity index (χ4n) is 2.32. The number of sulfonamides is 1. The van der Waals surface area contributed by atoms with E-state index in [4.69, 9.17) is 5.14 Å². The fourth-order valence-corrected chi connectivity index (χ4v) is 2.83. The molecule has 0 aliphatic carbocycles. The molecule has 0 spiro atoms. The highest BCUT2D eigenvalue weighted by Gasteiger charge is 2.12. The van der Waals surface area contributed by atoms with Crippen molar-refractivity contribution in [2.45, 2.75) is 24.3 Å². The zero-order valence-electron chi connectivity index (χ0n) is 10.9. The lowest BCUT2D eigenvalue weighted by atomic mass is 10.00. The molecule has 1 heterocycles. The molecule has 1 aromatic carbocycles. The van der Waals surface area contributed by atoms with Crippen LogP contribution in [0, 0.1) is 5.92 Å². The Labute approximate surface area is 114 Å². The number of hydrogen-bond acceptors (Lipinski definition) is 4. The molecule has 6 heteroatoms. The van der Waals surface area contributed by atoms with E-state index in [2.05, 4.69) is 10.6 Å². The molecule has 0 bridgehead atoms. The third-order valence-corrected chi connectivity index (χ3v) is 4.34. The van der Waals surface area contributed by atoms with Crippen LogP contribution in [0.5, 0.6) is 0 Å². The minimum atomic E-state index is -3.59. The Morgan fingerprint density at radius 1 is 1.32 bits per heavy atom. The van der Waals surface area contributed by atoms with Crippen LogP contribution < -0.4 is 15.8 Å². The molecule has 2 rings (SSSR count). The highest BCUT2D eigenvalue weighted by molar-refractivity contribution is 7.89. The van der Waals surface area contributed by atoms with E-state index in [0.29, 0.717) is 5.92 Å². The molecule has 1 unspecified atom stereocenters. The van der Waals surface area contributed by atoms with E-state index in [1.165, 1.54) is 12.8 Å². The predicted octanol–water partition coefficient (Wildman–Crippen LogP) is 0.423. The van der Waals surface area contributed by atoms with Gasteiger partial charge in [-0.15, -0.1) is 0 Å². The van der Waals surface area contributed by atoms with Crippen LogP contribution in [0.3, 0.4) is 0 Å². The van der Waals surface area contributed by atoms with Crippen molar-refractivity contribution in [1.82, 2.24) is 10.6 Å². The van der Waals surface area contributed by atoms with Crippen molar-refractivity contribution in [3.63, 3.8) is 0 Å². The first-order valence-electron chi connectivity index (χ1n) is 6.59. The molecule has 1 atom stereocenters. The first-order chi connectivity index (χ1) is 9.05. The molecule has 1 saturated heterocycles. The van der Waals surface area contributed by atoms with Crippen molar-refractivity contribution in [1.29, 1.82) is 0 Å². The molecule has 0 radical (unpaired) electrons. The summed E-state index contributed by atoms with van der Waals surface area (Å²) in [5.74, 6) is 0.692. The van der Waals surface area contributed by atoms with Gasteiger partial charge in [0, 0.05) is 6.54 Å². The summed E-state index contributed by atoms with van der Waals surface area (Å²) in [7, 11) is -3.59. The third-order valence-electron chi connectivity index (χ3n) is 3.41. The minimum Gasteiger partial charge on any atom is -0.316 e. The van der Waals surface area contributed by atoms with Gasteiger partial charge in [0.05, 0.1) is 4.90 Å². The van der Waals surface area contributed by atoms with Gasteiger partial charge in [-0.1, -0.05) is 12.1 Å². The Kier molecular flexibility index (Phi) is 4.93. The van der Waals surface area contributed by atoms with Gasteiger partial charge in [-0.3, -0.25) is 0 Å². The number of hydrogen-bond donors (Lipinski definition) is 3. The minimum absolute atomic E-state index is 0.160. The maximum Gasteiger partial charge on any atom is 0.238 e. The Hall–Kier alpha value is -0.950. The second-order valence-electron chi connectivity index (χ2n) is 5.03. The van der Waals surface area contributed by atoms with Gasteiger partial charge < -0.3 is 10.6 Å². The predicted molar refractivity (Wildman–Crippen MR) is 75.1 cm³/mol. The van der Waals surface area contributed by atoms with Gasteiger partial charge in [0.2, 0.25) is 10.0 Å². The second-order valence-corrected chi connectivity index (χ2v) is 6.59. The molecule has 0 amide bonds. The van der Waals surface area contributed by atoms with Crippen LogP contribution >= 0.6 is 0 Å². The summed E-state index contributed by atoms with van der Waals surface area (Å²) in [5.41, 5.74) is 1.07. The van der Waals surface area contributed by atoms with E-state index >= 15 is 0 Å². The summed E-state index contributed by atoms with van der Waals surface area (Å²) >= 11 is 0. The Bertz CT molecular complexity index is 493. The molecular formula is C13H21N3O2S. The average Bonchev–Trinajstić information content (AvgIpc) is 2.39. The zero-order chi connectivity index (χ0) is 13.7. The first-order valence-corrected chi connectivity index (χ1v) is 8.13. The Morgan fingerprint density at radius 3 is 2.63 bits per heavy atom. The normalized spacial score (nSPS) is 20.4. The van der Waals surface area contributed by atoms with E-state index in [1.54, 1.807) is 24.3 Å². The summed E-state index contributed by atoms with van der Waals surface area (Å²) in [6.07, 6.45) is 2.51. The molecule has 1 aromatic rings. The van der Waals surface area contributed by atoms with E-state index in [9.17, 15) is 8.42 Å². The molecule has 1 aliphatic rings. The van der Waals surface area contributed by atoms with E-state index in [0.717, 1.165) is 31.7 Å². The number of primary sulfonamides is 1. The lowest BCUT2D eigenvalue weighted by molar-refractivity contribution is 0.360.